The van der Waals surface area contributed by atoms with Crippen LogP contribution in [0.1, 0.15) is 30.9 Å². The van der Waals surface area contributed by atoms with Gasteiger partial charge in [-0.15, -0.1) is 0 Å². The molecule has 3 rings (SSSR count). The fraction of sp³-hybridized carbons (Fsp3) is 0.400. The molecule has 1 aromatic carbocycles. The van der Waals surface area contributed by atoms with Crippen molar-refractivity contribution in [2.75, 3.05) is 11.9 Å². The normalized spacial score (nSPS) is 20.1. The monoisotopic (exact) mass is 339 g/mol. The molecule has 2 N–H and O–H groups in total. The molecule has 0 spiro atoms. The Labute approximate surface area is 148 Å². The highest BCUT2D eigenvalue weighted by Gasteiger charge is 2.24. The molecular weight excluding hydrogens is 314 g/mol. The minimum absolute atomic E-state index is 0.0559. The second-order valence-electron chi connectivity index (χ2n) is 6.82. The van der Waals surface area contributed by atoms with Gasteiger partial charge in [0, 0.05) is 36.0 Å². The maximum absolute atomic E-state index is 12.5. The molecule has 2 atom stereocenters. The van der Waals surface area contributed by atoms with Crippen molar-refractivity contribution in [1.29, 1.82) is 0 Å². The SMILES string of the molecule is Cc1ccnc(Oc2cc(NC(=O)[C@H]3CCN[C@@H](C)C3)ccc2C)c1. The highest BCUT2D eigenvalue weighted by Crippen LogP contribution is 2.28. The predicted octanol–water partition coefficient (Wildman–Crippen LogP) is 3.82. The summed E-state index contributed by atoms with van der Waals surface area (Å²) in [7, 11) is 0. The summed E-state index contributed by atoms with van der Waals surface area (Å²) in [6.45, 7) is 6.98. The highest BCUT2D eigenvalue weighted by atomic mass is 16.5. The van der Waals surface area contributed by atoms with Gasteiger partial charge >= 0.3 is 0 Å². The molecule has 5 nitrogen and oxygen atoms in total. The van der Waals surface area contributed by atoms with Gasteiger partial charge in [0.15, 0.2) is 0 Å². The van der Waals surface area contributed by atoms with Crippen LogP contribution in [0, 0.1) is 19.8 Å². The molecule has 2 aromatic rings. The van der Waals surface area contributed by atoms with Gasteiger partial charge in [0.25, 0.3) is 0 Å². The number of hydrogen-bond donors (Lipinski definition) is 2. The lowest BCUT2D eigenvalue weighted by molar-refractivity contribution is -0.120. The molecule has 1 aromatic heterocycles. The van der Waals surface area contributed by atoms with E-state index < -0.39 is 0 Å². The summed E-state index contributed by atoms with van der Waals surface area (Å²) in [6, 6.07) is 9.92. The second-order valence-corrected chi connectivity index (χ2v) is 6.82. The lowest BCUT2D eigenvalue weighted by Crippen LogP contribution is -2.40. The molecule has 5 heteroatoms. The second kappa shape index (κ2) is 7.66. The van der Waals surface area contributed by atoms with Gasteiger partial charge in [-0.3, -0.25) is 4.79 Å². The summed E-state index contributed by atoms with van der Waals surface area (Å²) in [5, 5.41) is 6.40. The summed E-state index contributed by atoms with van der Waals surface area (Å²) < 4.78 is 5.90. The minimum atomic E-state index is 0.0559. The Balaban J connectivity index is 1.71. The van der Waals surface area contributed by atoms with E-state index in [9.17, 15) is 4.79 Å². The molecule has 0 saturated carbocycles. The van der Waals surface area contributed by atoms with Crippen molar-refractivity contribution in [2.24, 2.45) is 5.92 Å². The van der Waals surface area contributed by atoms with Crippen LogP contribution in [-0.4, -0.2) is 23.5 Å². The molecule has 1 aliphatic heterocycles. The van der Waals surface area contributed by atoms with Gasteiger partial charge in [-0.2, -0.15) is 0 Å². The van der Waals surface area contributed by atoms with E-state index >= 15 is 0 Å². The largest absolute Gasteiger partial charge is 0.439 e. The number of nitrogens with one attached hydrogen (secondary N) is 2. The molecule has 1 fully saturated rings. The molecule has 0 bridgehead atoms. The minimum Gasteiger partial charge on any atom is -0.439 e. The quantitative estimate of drug-likeness (QED) is 0.889. The number of aryl methyl sites for hydroxylation is 2. The topological polar surface area (TPSA) is 63.2 Å². The van der Waals surface area contributed by atoms with Crippen molar-refractivity contribution in [3.05, 3.63) is 47.7 Å². The zero-order valence-corrected chi connectivity index (χ0v) is 15.0. The molecule has 2 heterocycles. The predicted molar refractivity (Wildman–Crippen MR) is 99.0 cm³/mol. The maximum atomic E-state index is 12.5. The van der Waals surface area contributed by atoms with Crippen molar-refractivity contribution in [3.63, 3.8) is 0 Å². The first-order valence-electron chi connectivity index (χ1n) is 8.76. The number of benzene rings is 1. The maximum Gasteiger partial charge on any atom is 0.227 e. The van der Waals surface area contributed by atoms with Gasteiger partial charge in [-0.1, -0.05) is 6.07 Å². The standard InChI is InChI=1S/C20H25N3O2/c1-13-6-8-22-19(10-13)25-18-12-17(5-4-14(18)2)23-20(24)16-7-9-21-15(3)11-16/h4-6,8,10,12,15-16,21H,7,9,11H2,1-3H3,(H,23,24)/t15-,16-/m0/s1. The first kappa shape index (κ1) is 17.4. The van der Waals surface area contributed by atoms with Crippen molar-refractivity contribution >= 4 is 11.6 Å². The number of anilines is 1. The molecular formula is C20H25N3O2. The van der Waals surface area contributed by atoms with Crippen molar-refractivity contribution in [3.8, 4) is 11.6 Å². The number of piperidine rings is 1. The number of ether oxygens (including phenoxy) is 1. The van der Waals surface area contributed by atoms with Crippen LogP contribution in [-0.2, 0) is 4.79 Å². The van der Waals surface area contributed by atoms with E-state index in [2.05, 4.69) is 22.5 Å². The Morgan fingerprint density at radius 3 is 2.88 bits per heavy atom. The Hall–Kier alpha value is -2.40. The van der Waals surface area contributed by atoms with Crippen LogP contribution in [0.2, 0.25) is 0 Å². The van der Waals surface area contributed by atoms with Crippen molar-refractivity contribution < 1.29 is 9.53 Å². The smallest absolute Gasteiger partial charge is 0.227 e. The summed E-state index contributed by atoms with van der Waals surface area (Å²) in [5.41, 5.74) is 2.84. The number of carbonyl (C=O) groups excluding carboxylic acids is 1. The third kappa shape index (κ3) is 4.57. The number of nitrogens with zero attached hydrogens (tertiary/aromatic N) is 1. The van der Waals surface area contributed by atoms with Crippen LogP contribution in [0.4, 0.5) is 5.69 Å². The molecule has 0 unspecified atom stereocenters. The average molecular weight is 339 g/mol. The van der Waals surface area contributed by atoms with Gasteiger partial charge in [0.2, 0.25) is 11.8 Å². The van der Waals surface area contributed by atoms with E-state index in [-0.39, 0.29) is 11.8 Å². The molecule has 0 aliphatic carbocycles. The molecule has 132 valence electrons. The van der Waals surface area contributed by atoms with Crippen LogP contribution in [0.3, 0.4) is 0 Å². The molecule has 0 radical (unpaired) electrons. The first-order valence-corrected chi connectivity index (χ1v) is 8.76. The number of aromatic nitrogens is 1. The fourth-order valence-electron chi connectivity index (χ4n) is 3.08. The van der Waals surface area contributed by atoms with E-state index in [1.54, 1.807) is 6.20 Å². The lowest BCUT2D eigenvalue weighted by Gasteiger charge is -2.27. The number of amides is 1. The van der Waals surface area contributed by atoms with Gasteiger partial charge in [-0.25, -0.2) is 4.98 Å². The highest BCUT2D eigenvalue weighted by molar-refractivity contribution is 5.92. The summed E-state index contributed by atoms with van der Waals surface area (Å²) in [4.78, 5) is 16.8. The fourth-order valence-corrected chi connectivity index (χ4v) is 3.08. The summed E-state index contributed by atoms with van der Waals surface area (Å²) in [6.07, 6.45) is 3.47. The molecule has 1 amide bonds. The third-order valence-corrected chi connectivity index (χ3v) is 4.56. The van der Waals surface area contributed by atoms with Crippen molar-refractivity contribution in [2.45, 2.75) is 39.7 Å². The van der Waals surface area contributed by atoms with Crippen LogP contribution in [0.15, 0.2) is 36.5 Å². The first-order chi connectivity index (χ1) is 12.0. The molecule has 25 heavy (non-hydrogen) atoms. The van der Waals surface area contributed by atoms with E-state index in [0.717, 1.165) is 36.2 Å². The van der Waals surface area contributed by atoms with E-state index in [0.29, 0.717) is 17.7 Å². The zero-order chi connectivity index (χ0) is 17.8. The Kier molecular flexibility index (Phi) is 5.34. The average Bonchev–Trinajstić information content (AvgIpc) is 2.58. The van der Waals surface area contributed by atoms with Crippen LogP contribution in [0.5, 0.6) is 11.6 Å². The van der Waals surface area contributed by atoms with Crippen LogP contribution in [0.25, 0.3) is 0 Å². The van der Waals surface area contributed by atoms with E-state index in [1.165, 1.54) is 0 Å². The van der Waals surface area contributed by atoms with Crippen LogP contribution < -0.4 is 15.4 Å². The van der Waals surface area contributed by atoms with Gasteiger partial charge < -0.3 is 15.4 Å². The molecule has 1 aliphatic rings. The summed E-state index contributed by atoms with van der Waals surface area (Å²) in [5.74, 6) is 1.39. The third-order valence-electron chi connectivity index (χ3n) is 4.56. The van der Waals surface area contributed by atoms with E-state index in [1.807, 2.05) is 44.2 Å². The number of carbonyl (C=O) groups is 1. The number of rotatable bonds is 4. The zero-order valence-electron chi connectivity index (χ0n) is 15.0. The van der Waals surface area contributed by atoms with Gasteiger partial charge in [0.05, 0.1) is 0 Å². The van der Waals surface area contributed by atoms with Gasteiger partial charge in [-0.05, 0) is 63.4 Å². The number of pyridine rings is 1. The molecule has 1 saturated heterocycles. The van der Waals surface area contributed by atoms with E-state index in [4.69, 9.17) is 4.74 Å². The summed E-state index contributed by atoms with van der Waals surface area (Å²) >= 11 is 0. The Bertz CT molecular complexity index is 760. The number of hydrogen-bond acceptors (Lipinski definition) is 4. The lowest BCUT2D eigenvalue weighted by atomic mass is 9.92. The Morgan fingerprint density at radius 1 is 1.28 bits per heavy atom. The van der Waals surface area contributed by atoms with Gasteiger partial charge in [0.1, 0.15) is 5.75 Å². The van der Waals surface area contributed by atoms with Crippen molar-refractivity contribution in [1.82, 2.24) is 10.3 Å². The Morgan fingerprint density at radius 2 is 2.12 bits per heavy atom. The van der Waals surface area contributed by atoms with Crippen LogP contribution >= 0.6 is 0 Å².